The van der Waals surface area contributed by atoms with E-state index in [1.165, 1.54) is 11.3 Å². The summed E-state index contributed by atoms with van der Waals surface area (Å²) in [5, 5.41) is 7.78. The lowest BCUT2D eigenvalue weighted by molar-refractivity contribution is -0.115. The summed E-state index contributed by atoms with van der Waals surface area (Å²) in [6.07, 6.45) is 1.29. The predicted molar refractivity (Wildman–Crippen MR) is 138 cm³/mol. The molecular weight excluding hydrogens is 436 g/mol. The number of amides is 1. The van der Waals surface area contributed by atoms with Crippen LogP contribution in [-0.4, -0.2) is 32.2 Å². The van der Waals surface area contributed by atoms with Crippen molar-refractivity contribution in [3.05, 3.63) is 94.1 Å². The van der Waals surface area contributed by atoms with E-state index < -0.39 is 0 Å². The van der Waals surface area contributed by atoms with Crippen LogP contribution in [0.15, 0.2) is 54.6 Å². The van der Waals surface area contributed by atoms with Crippen LogP contribution in [0.2, 0.25) is 0 Å². The van der Waals surface area contributed by atoms with Gasteiger partial charge in [-0.25, -0.2) is 14.6 Å². The van der Waals surface area contributed by atoms with Gasteiger partial charge in [0.25, 0.3) is 5.95 Å². The zero-order valence-corrected chi connectivity index (χ0v) is 20.7. The number of benzene rings is 2. The van der Waals surface area contributed by atoms with Gasteiger partial charge in [-0.1, -0.05) is 36.4 Å². The molecule has 0 fully saturated rings. The maximum absolute atomic E-state index is 13.1. The number of carbonyl (C=O) groups excluding carboxylic acids is 1. The third kappa shape index (κ3) is 4.67. The van der Waals surface area contributed by atoms with Gasteiger partial charge in [0.05, 0.1) is 12.1 Å². The van der Waals surface area contributed by atoms with Crippen LogP contribution in [0.25, 0.3) is 5.95 Å². The Morgan fingerprint density at radius 3 is 2.49 bits per heavy atom. The largest absolute Gasteiger partial charge is 0.367 e. The first kappa shape index (κ1) is 22.8. The fourth-order valence-corrected chi connectivity index (χ4v) is 4.84. The van der Waals surface area contributed by atoms with E-state index in [0.29, 0.717) is 5.95 Å². The highest BCUT2D eigenvalue weighted by atomic mass is 16.1. The number of aromatic nitrogens is 4. The van der Waals surface area contributed by atoms with Gasteiger partial charge in [0.1, 0.15) is 0 Å². The molecule has 0 saturated carbocycles. The Hall–Kier alpha value is -4.00. The number of nitrogens with zero attached hydrogens (tertiary/aromatic N) is 5. The van der Waals surface area contributed by atoms with Gasteiger partial charge in [-0.2, -0.15) is 5.10 Å². The van der Waals surface area contributed by atoms with E-state index in [1.54, 1.807) is 4.68 Å². The van der Waals surface area contributed by atoms with Crippen molar-refractivity contribution in [1.82, 2.24) is 19.7 Å². The average Bonchev–Trinajstić information content (AvgIpc) is 3.36. The van der Waals surface area contributed by atoms with Gasteiger partial charge in [-0.3, -0.25) is 4.79 Å². The number of carbonyl (C=O) groups is 1. The summed E-state index contributed by atoms with van der Waals surface area (Å²) in [5.74, 6) is 0.470. The molecule has 1 N–H and O–H groups in total. The SMILES string of the molecule is Cc1cc(C)nc(-n2nc(C)c(CC(=O)Nc3ccccc3CN3CCc4ccccc43)c2C)n1. The number of rotatable bonds is 6. The number of aryl methyl sites for hydroxylation is 3. The lowest BCUT2D eigenvalue weighted by Crippen LogP contribution is -2.22. The Labute approximate surface area is 205 Å². The van der Waals surface area contributed by atoms with Crippen LogP contribution in [-0.2, 0) is 24.2 Å². The normalized spacial score (nSPS) is 12.6. The van der Waals surface area contributed by atoms with Crippen molar-refractivity contribution in [1.29, 1.82) is 0 Å². The fraction of sp³-hybridized carbons (Fsp3) is 0.286. The number of nitrogens with one attached hydrogen (secondary N) is 1. The lowest BCUT2D eigenvalue weighted by atomic mass is 10.1. The summed E-state index contributed by atoms with van der Waals surface area (Å²) in [6.45, 7) is 9.51. The minimum Gasteiger partial charge on any atom is -0.367 e. The Kier molecular flexibility index (Phi) is 6.07. The molecule has 0 atom stereocenters. The molecule has 0 aliphatic carbocycles. The number of para-hydroxylation sites is 2. The molecule has 5 rings (SSSR count). The molecule has 35 heavy (non-hydrogen) atoms. The highest BCUT2D eigenvalue weighted by Crippen LogP contribution is 2.30. The number of hydrogen-bond acceptors (Lipinski definition) is 5. The minimum atomic E-state index is -0.0636. The monoisotopic (exact) mass is 466 g/mol. The molecule has 1 amide bonds. The first-order valence-electron chi connectivity index (χ1n) is 12.0. The van der Waals surface area contributed by atoms with Crippen LogP contribution in [0.1, 0.15) is 39.5 Å². The van der Waals surface area contributed by atoms with Crippen LogP contribution in [0.3, 0.4) is 0 Å². The smallest absolute Gasteiger partial charge is 0.251 e. The average molecular weight is 467 g/mol. The van der Waals surface area contributed by atoms with Gasteiger partial charge in [0, 0.05) is 47.1 Å². The Balaban J connectivity index is 1.33. The zero-order valence-electron chi connectivity index (χ0n) is 20.7. The minimum absolute atomic E-state index is 0.0636. The van der Waals surface area contributed by atoms with E-state index in [0.717, 1.165) is 59.1 Å². The summed E-state index contributed by atoms with van der Waals surface area (Å²) < 4.78 is 1.73. The number of hydrogen-bond donors (Lipinski definition) is 1. The summed E-state index contributed by atoms with van der Waals surface area (Å²) in [6, 6.07) is 18.5. The van der Waals surface area contributed by atoms with Crippen LogP contribution < -0.4 is 10.2 Å². The Bertz CT molecular complexity index is 1390. The van der Waals surface area contributed by atoms with Crippen LogP contribution >= 0.6 is 0 Å². The van der Waals surface area contributed by atoms with Crippen molar-refractivity contribution < 1.29 is 4.79 Å². The Morgan fingerprint density at radius 1 is 0.971 bits per heavy atom. The van der Waals surface area contributed by atoms with Gasteiger partial charge in [0.15, 0.2) is 0 Å². The summed E-state index contributed by atoms with van der Waals surface area (Å²) in [7, 11) is 0. The van der Waals surface area contributed by atoms with Crippen LogP contribution in [0.4, 0.5) is 11.4 Å². The molecule has 3 heterocycles. The van der Waals surface area contributed by atoms with Crippen molar-refractivity contribution in [2.75, 3.05) is 16.8 Å². The van der Waals surface area contributed by atoms with E-state index in [2.05, 4.69) is 55.6 Å². The van der Waals surface area contributed by atoms with Crippen molar-refractivity contribution in [3.8, 4) is 5.95 Å². The quantitative estimate of drug-likeness (QED) is 0.448. The zero-order chi connectivity index (χ0) is 24.5. The second-order valence-corrected chi connectivity index (χ2v) is 9.19. The molecule has 1 aliphatic heterocycles. The molecule has 4 aromatic rings. The van der Waals surface area contributed by atoms with Gasteiger partial charge in [-0.05, 0) is 63.4 Å². The summed E-state index contributed by atoms with van der Waals surface area (Å²) in [4.78, 5) is 24.6. The molecule has 0 spiro atoms. The van der Waals surface area contributed by atoms with E-state index in [-0.39, 0.29) is 12.3 Å². The third-order valence-electron chi connectivity index (χ3n) is 6.57. The van der Waals surface area contributed by atoms with E-state index >= 15 is 0 Å². The first-order valence-corrected chi connectivity index (χ1v) is 12.0. The lowest BCUT2D eigenvalue weighted by Gasteiger charge is -2.21. The summed E-state index contributed by atoms with van der Waals surface area (Å²) >= 11 is 0. The van der Waals surface area contributed by atoms with Gasteiger partial charge < -0.3 is 10.2 Å². The van der Waals surface area contributed by atoms with Gasteiger partial charge in [-0.15, -0.1) is 0 Å². The maximum Gasteiger partial charge on any atom is 0.251 e. The standard InChI is InChI=1S/C28H30N6O/c1-18-15-19(2)30-28(29-18)34-21(4)24(20(3)32-34)16-27(35)31-25-11-7-5-10-23(25)17-33-14-13-22-9-6-8-12-26(22)33/h5-12,15H,13-14,16-17H2,1-4H3,(H,31,35). The molecule has 1 aliphatic rings. The van der Waals surface area contributed by atoms with E-state index in [9.17, 15) is 4.79 Å². The molecular formula is C28H30N6O. The highest BCUT2D eigenvalue weighted by molar-refractivity contribution is 5.93. The van der Waals surface area contributed by atoms with Gasteiger partial charge in [0.2, 0.25) is 5.91 Å². The van der Waals surface area contributed by atoms with Crippen molar-refractivity contribution in [2.24, 2.45) is 0 Å². The second kappa shape index (κ2) is 9.33. The molecule has 0 unspecified atom stereocenters. The second-order valence-electron chi connectivity index (χ2n) is 9.19. The fourth-order valence-electron chi connectivity index (χ4n) is 4.84. The van der Waals surface area contributed by atoms with E-state index in [1.807, 2.05) is 52.0 Å². The van der Waals surface area contributed by atoms with Crippen molar-refractivity contribution >= 4 is 17.3 Å². The molecule has 0 saturated heterocycles. The maximum atomic E-state index is 13.1. The molecule has 2 aromatic heterocycles. The third-order valence-corrected chi connectivity index (χ3v) is 6.57. The predicted octanol–water partition coefficient (Wildman–Crippen LogP) is 4.64. The summed E-state index contributed by atoms with van der Waals surface area (Å²) in [5.41, 5.74) is 8.97. The van der Waals surface area contributed by atoms with E-state index in [4.69, 9.17) is 0 Å². The van der Waals surface area contributed by atoms with Crippen molar-refractivity contribution in [3.63, 3.8) is 0 Å². The van der Waals surface area contributed by atoms with Crippen LogP contribution in [0.5, 0.6) is 0 Å². The van der Waals surface area contributed by atoms with Crippen LogP contribution in [0, 0.1) is 27.7 Å². The Morgan fingerprint density at radius 2 is 1.69 bits per heavy atom. The topological polar surface area (TPSA) is 75.9 Å². The van der Waals surface area contributed by atoms with Gasteiger partial charge >= 0.3 is 0 Å². The highest BCUT2D eigenvalue weighted by Gasteiger charge is 2.21. The first-order chi connectivity index (χ1) is 16.9. The number of fused-ring (bicyclic) bond motifs is 1. The molecule has 2 aromatic carbocycles. The molecule has 7 heteroatoms. The molecule has 0 radical (unpaired) electrons. The van der Waals surface area contributed by atoms with Crippen molar-refractivity contribution in [2.45, 2.75) is 47.1 Å². The molecule has 178 valence electrons. The molecule has 0 bridgehead atoms. The number of anilines is 2. The molecule has 7 nitrogen and oxygen atoms in total.